The van der Waals surface area contributed by atoms with Crippen molar-refractivity contribution in [2.24, 2.45) is 0 Å². The Kier molecular flexibility index (Phi) is 4.71. The number of hydrogen-bond donors (Lipinski definition) is 1. The average Bonchev–Trinajstić information content (AvgIpc) is 2.73. The number of thiophene rings is 1. The van der Waals surface area contributed by atoms with Crippen molar-refractivity contribution in [3.63, 3.8) is 0 Å². The monoisotopic (exact) mass is 288 g/mol. The summed E-state index contributed by atoms with van der Waals surface area (Å²) in [6.07, 6.45) is 3.83. The third-order valence-electron chi connectivity index (χ3n) is 4.15. The number of hydrogen-bond acceptors (Lipinski definition) is 3. The first-order valence-corrected chi connectivity index (χ1v) is 8.65. The maximum Gasteiger partial charge on any atom is 0.0346 e. The van der Waals surface area contributed by atoms with Crippen molar-refractivity contribution in [3.05, 3.63) is 35.2 Å². The summed E-state index contributed by atoms with van der Waals surface area (Å²) in [5.74, 6) is 0. The summed E-state index contributed by atoms with van der Waals surface area (Å²) >= 11 is 1.88. The van der Waals surface area contributed by atoms with Crippen LogP contribution in [-0.4, -0.2) is 30.6 Å². The molecular formula is C17H24N2S. The summed E-state index contributed by atoms with van der Waals surface area (Å²) in [6.45, 7) is 6.97. The summed E-state index contributed by atoms with van der Waals surface area (Å²) in [5.41, 5.74) is 1.50. The van der Waals surface area contributed by atoms with Crippen LogP contribution in [-0.2, 0) is 6.54 Å². The van der Waals surface area contributed by atoms with E-state index in [-0.39, 0.29) is 0 Å². The smallest absolute Gasteiger partial charge is 0.0346 e. The van der Waals surface area contributed by atoms with Crippen LogP contribution in [0.4, 0.5) is 0 Å². The van der Waals surface area contributed by atoms with Crippen molar-refractivity contribution in [3.8, 4) is 0 Å². The second-order valence-electron chi connectivity index (χ2n) is 5.79. The van der Waals surface area contributed by atoms with Gasteiger partial charge in [0.2, 0.25) is 0 Å². The summed E-state index contributed by atoms with van der Waals surface area (Å²) in [4.78, 5) is 2.63. The zero-order chi connectivity index (χ0) is 13.8. The Morgan fingerprint density at radius 1 is 1.35 bits per heavy atom. The van der Waals surface area contributed by atoms with Crippen molar-refractivity contribution in [1.82, 2.24) is 10.2 Å². The number of fused-ring (bicyclic) bond motifs is 1. The zero-order valence-corrected chi connectivity index (χ0v) is 13.1. The van der Waals surface area contributed by atoms with Gasteiger partial charge in [-0.05, 0) is 48.3 Å². The van der Waals surface area contributed by atoms with Gasteiger partial charge in [0.25, 0.3) is 0 Å². The highest BCUT2D eigenvalue weighted by Gasteiger charge is 2.18. The van der Waals surface area contributed by atoms with Gasteiger partial charge in [0.1, 0.15) is 0 Å². The molecular weight excluding hydrogens is 264 g/mol. The van der Waals surface area contributed by atoms with E-state index in [1.54, 1.807) is 0 Å². The van der Waals surface area contributed by atoms with E-state index in [9.17, 15) is 0 Å². The first kappa shape index (κ1) is 14.1. The van der Waals surface area contributed by atoms with E-state index in [1.807, 2.05) is 11.3 Å². The number of nitrogens with zero attached hydrogens (tertiary/aromatic N) is 1. The Hall–Kier alpha value is -0.900. The Morgan fingerprint density at radius 2 is 2.25 bits per heavy atom. The van der Waals surface area contributed by atoms with E-state index in [0.717, 1.165) is 6.54 Å². The van der Waals surface area contributed by atoms with Crippen molar-refractivity contribution < 1.29 is 0 Å². The fourth-order valence-corrected chi connectivity index (χ4v) is 4.11. The molecule has 3 rings (SSSR count). The van der Waals surface area contributed by atoms with Gasteiger partial charge in [0.15, 0.2) is 0 Å². The predicted octanol–water partition coefficient (Wildman–Crippen LogP) is 3.87. The minimum absolute atomic E-state index is 0.674. The van der Waals surface area contributed by atoms with Crippen LogP contribution in [0.5, 0.6) is 0 Å². The quantitative estimate of drug-likeness (QED) is 0.919. The molecule has 1 aromatic carbocycles. The molecule has 108 valence electrons. The lowest BCUT2D eigenvalue weighted by molar-refractivity contribution is 0.256. The number of rotatable bonds is 4. The van der Waals surface area contributed by atoms with Gasteiger partial charge in [-0.1, -0.05) is 31.5 Å². The molecule has 1 aliphatic rings. The summed E-state index contributed by atoms with van der Waals surface area (Å²) in [7, 11) is 0. The maximum absolute atomic E-state index is 3.69. The van der Waals surface area contributed by atoms with Gasteiger partial charge in [-0.15, -0.1) is 11.3 Å². The maximum atomic E-state index is 3.69. The third-order valence-corrected chi connectivity index (χ3v) is 5.17. The van der Waals surface area contributed by atoms with E-state index in [4.69, 9.17) is 0 Å². The molecule has 3 heteroatoms. The molecule has 1 atom stereocenters. The van der Waals surface area contributed by atoms with Crippen LogP contribution in [0.25, 0.3) is 10.1 Å². The molecule has 2 heterocycles. The number of benzene rings is 1. The second kappa shape index (κ2) is 6.70. The summed E-state index contributed by atoms with van der Waals surface area (Å²) in [6, 6.07) is 9.46. The van der Waals surface area contributed by atoms with Gasteiger partial charge in [-0.2, -0.15) is 0 Å². The highest BCUT2D eigenvalue weighted by molar-refractivity contribution is 7.17. The van der Waals surface area contributed by atoms with Crippen molar-refractivity contribution in [2.75, 3.05) is 19.6 Å². The highest BCUT2D eigenvalue weighted by Crippen LogP contribution is 2.27. The Bertz CT molecular complexity index is 549. The predicted molar refractivity (Wildman–Crippen MR) is 88.4 cm³/mol. The number of nitrogens with one attached hydrogen (secondary N) is 1. The van der Waals surface area contributed by atoms with Gasteiger partial charge in [0, 0.05) is 23.8 Å². The van der Waals surface area contributed by atoms with Crippen molar-refractivity contribution >= 4 is 21.4 Å². The van der Waals surface area contributed by atoms with Crippen LogP contribution in [0, 0.1) is 0 Å². The van der Waals surface area contributed by atoms with Crippen molar-refractivity contribution in [2.45, 2.75) is 38.8 Å². The molecule has 1 N–H and O–H groups in total. The molecule has 0 radical (unpaired) electrons. The molecule has 2 aromatic rings. The molecule has 1 fully saturated rings. The second-order valence-corrected chi connectivity index (χ2v) is 6.70. The summed E-state index contributed by atoms with van der Waals surface area (Å²) in [5, 5.41) is 7.48. The van der Waals surface area contributed by atoms with E-state index >= 15 is 0 Å². The molecule has 2 nitrogen and oxygen atoms in total. The Labute approximate surface area is 125 Å². The van der Waals surface area contributed by atoms with Gasteiger partial charge in [-0.3, -0.25) is 4.90 Å². The topological polar surface area (TPSA) is 15.3 Å². The van der Waals surface area contributed by atoms with Crippen LogP contribution in [0.2, 0.25) is 0 Å². The van der Waals surface area contributed by atoms with Crippen LogP contribution in [0.3, 0.4) is 0 Å². The van der Waals surface area contributed by atoms with Gasteiger partial charge >= 0.3 is 0 Å². The zero-order valence-electron chi connectivity index (χ0n) is 12.3. The van der Waals surface area contributed by atoms with E-state index in [1.165, 1.54) is 54.5 Å². The van der Waals surface area contributed by atoms with Gasteiger partial charge in [0.05, 0.1) is 0 Å². The Balaban J connectivity index is 1.72. The molecule has 0 aliphatic carbocycles. The standard InChI is InChI=1S/C17H24N2S/c1-2-6-15-12-19(10-5-9-18-15)11-14-13-20-17-8-4-3-7-16(14)17/h3-4,7-8,13,15,18H,2,5-6,9-12H2,1H3. The first-order valence-electron chi connectivity index (χ1n) is 7.77. The lowest BCUT2D eigenvalue weighted by atomic mass is 10.1. The van der Waals surface area contributed by atoms with Crippen LogP contribution >= 0.6 is 11.3 Å². The fraction of sp³-hybridized carbons (Fsp3) is 0.529. The van der Waals surface area contributed by atoms with E-state index < -0.39 is 0 Å². The molecule has 0 spiro atoms. The molecule has 1 aliphatic heterocycles. The van der Waals surface area contributed by atoms with Gasteiger partial charge < -0.3 is 5.32 Å². The molecule has 0 saturated carbocycles. The molecule has 20 heavy (non-hydrogen) atoms. The average molecular weight is 288 g/mol. The largest absolute Gasteiger partial charge is 0.313 e. The van der Waals surface area contributed by atoms with Gasteiger partial charge in [-0.25, -0.2) is 0 Å². The minimum atomic E-state index is 0.674. The highest BCUT2D eigenvalue weighted by atomic mass is 32.1. The molecule has 0 amide bonds. The lowest BCUT2D eigenvalue weighted by Gasteiger charge is -2.24. The van der Waals surface area contributed by atoms with Crippen LogP contribution in [0.15, 0.2) is 29.6 Å². The van der Waals surface area contributed by atoms with Crippen LogP contribution < -0.4 is 5.32 Å². The third kappa shape index (κ3) is 3.22. The van der Waals surface area contributed by atoms with E-state index in [0.29, 0.717) is 6.04 Å². The lowest BCUT2D eigenvalue weighted by Crippen LogP contribution is -2.37. The van der Waals surface area contributed by atoms with Crippen LogP contribution in [0.1, 0.15) is 31.7 Å². The summed E-state index contributed by atoms with van der Waals surface area (Å²) < 4.78 is 1.42. The molecule has 0 bridgehead atoms. The Morgan fingerprint density at radius 3 is 3.15 bits per heavy atom. The fourth-order valence-electron chi connectivity index (χ4n) is 3.16. The SMILES string of the molecule is CCCC1CN(Cc2csc3ccccc23)CCCN1. The van der Waals surface area contributed by atoms with Crippen molar-refractivity contribution in [1.29, 1.82) is 0 Å². The molecule has 1 saturated heterocycles. The molecule has 1 aromatic heterocycles. The normalized spacial score (nSPS) is 21.1. The first-order chi connectivity index (χ1) is 9.86. The molecule has 1 unspecified atom stereocenters. The minimum Gasteiger partial charge on any atom is -0.313 e. The van der Waals surface area contributed by atoms with E-state index in [2.05, 4.69) is 46.8 Å².